The number of nitrogens with one attached hydrogen (secondary N) is 1. The third kappa shape index (κ3) is 2.46. The van der Waals surface area contributed by atoms with Gasteiger partial charge in [0.15, 0.2) is 5.65 Å². The molecule has 0 radical (unpaired) electrons. The molecule has 0 unspecified atom stereocenters. The summed E-state index contributed by atoms with van der Waals surface area (Å²) in [5.74, 6) is 0.422. The number of fused-ring (bicyclic) bond motifs is 1. The van der Waals surface area contributed by atoms with E-state index >= 15 is 0 Å². The highest BCUT2D eigenvalue weighted by Gasteiger charge is 2.31. The number of aryl methyl sites for hydroxylation is 2. The SMILES string of the molecule is Cn1nccc1[C@@H]1OCC[C@H]1CNc1ccnc2c1cnn2C. The van der Waals surface area contributed by atoms with E-state index in [4.69, 9.17) is 4.74 Å². The number of nitrogens with zero attached hydrogens (tertiary/aromatic N) is 5. The molecule has 7 heteroatoms. The Balaban J connectivity index is 1.53. The molecule has 1 fully saturated rings. The first-order chi connectivity index (χ1) is 11.2. The van der Waals surface area contributed by atoms with Gasteiger partial charge >= 0.3 is 0 Å². The van der Waals surface area contributed by atoms with Crippen molar-refractivity contribution in [3.05, 3.63) is 36.4 Å². The number of rotatable bonds is 4. The van der Waals surface area contributed by atoms with Crippen LogP contribution in [0, 0.1) is 5.92 Å². The van der Waals surface area contributed by atoms with Crippen molar-refractivity contribution >= 4 is 16.7 Å². The molecule has 4 heterocycles. The Morgan fingerprint density at radius 1 is 1.22 bits per heavy atom. The van der Waals surface area contributed by atoms with Gasteiger partial charge in [-0.2, -0.15) is 10.2 Å². The molecular formula is C16H20N6O. The molecule has 23 heavy (non-hydrogen) atoms. The second-order valence-electron chi connectivity index (χ2n) is 5.96. The minimum absolute atomic E-state index is 0.0984. The van der Waals surface area contributed by atoms with Crippen molar-refractivity contribution in [1.82, 2.24) is 24.5 Å². The van der Waals surface area contributed by atoms with E-state index in [0.29, 0.717) is 5.92 Å². The largest absolute Gasteiger partial charge is 0.384 e. The third-order valence-electron chi connectivity index (χ3n) is 4.55. The summed E-state index contributed by atoms with van der Waals surface area (Å²) >= 11 is 0. The normalized spacial score (nSPS) is 21.1. The molecule has 1 aliphatic heterocycles. The van der Waals surface area contributed by atoms with Crippen molar-refractivity contribution in [2.75, 3.05) is 18.5 Å². The average molecular weight is 312 g/mol. The van der Waals surface area contributed by atoms with Gasteiger partial charge in [0.1, 0.15) is 6.10 Å². The Morgan fingerprint density at radius 2 is 2.13 bits per heavy atom. The molecule has 1 aliphatic rings. The maximum atomic E-state index is 5.94. The van der Waals surface area contributed by atoms with E-state index in [1.54, 1.807) is 4.68 Å². The maximum absolute atomic E-state index is 5.94. The molecule has 1 N–H and O–H groups in total. The predicted octanol–water partition coefficient (Wildman–Crippen LogP) is 1.89. The van der Waals surface area contributed by atoms with Gasteiger partial charge in [0.2, 0.25) is 0 Å². The number of anilines is 1. The molecule has 0 bridgehead atoms. The van der Waals surface area contributed by atoms with E-state index in [9.17, 15) is 0 Å². The minimum Gasteiger partial charge on any atom is -0.384 e. The molecule has 0 amide bonds. The van der Waals surface area contributed by atoms with Crippen LogP contribution in [0.25, 0.3) is 11.0 Å². The van der Waals surface area contributed by atoms with E-state index in [1.165, 1.54) is 0 Å². The van der Waals surface area contributed by atoms with Crippen LogP contribution in [0.3, 0.4) is 0 Å². The van der Waals surface area contributed by atoms with Crippen LogP contribution in [0.1, 0.15) is 18.2 Å². The van der Waals surface area contributed by atoms with Crippen molar-refractivity contribution in [2.24, 2.45) is 20.0 Å². The first-order valence-electron chi connectivity index (χ1n) is 7.84. The van der Waals surface area contributed by atoms with Crippen LogP contribution in [0.5, 0.6) is 0 Å². The molecular weight excluding hydrogens is 292 g/mol. The Hall–Kier alpha value is -2.41. The van der Waals surface area contributed by atoms with Crippen molar-refractivity contribution < 1.29 is 4.74 Å². The zero-order chi connectivity index (χ0) is 15.8. The highest BCUT2D eigenvalue weighted by atomic mass is 16.5. The summed E-state index contributed by atoms with van der Waals surface area (Å²) in [6, 6.07) is 4.04. The lowest BCUT2D eigenvalue weighted by atomic mass is 9.99. The van der Waals surface area contributed by atoms with Crippen LogP contribution >= 0.6 is 0 Å². The predicted molar refractivity (Wildman–Crippen MR) is 87.0 cm³/mol. The van der Waals surface area contributed by atoms with Gasteiger partial charge in [-0.3, -0.25) is 9.36 Å². The molecule has 0 saturated carbocycles. The van der Waals surface area contributed by atoms with Crippen LogP contribution in [-0.2, 0) is 18.8 Å². The van der Waals surface area contributed by atoms with Gasteiger partial charge in [-0.1, -0.05) is 0 Å². The number of aromatic nitrogens is 5. The minimum atomic E-state index is 0.0984. The zero-order valence-corrected chi connectivity index (χ0v) is 13.3. The number of pyridine rings is 1. The highest BCUT2D eigenvalue weighted by Crippen LogP contribution is 2.34. The van der Waals surface area contributed by atoms with Gasteiger partial charge in [-0.05, 0) is 18.6 Å². The van der Waals surface area contributed by atoms with Crippen LogP contribution in [0.2, 0.25) is 0 Å². The van der Waals surface area contributed by atoms with Gasteiger partial charge in [-0.15, -0.1) is 0 Å². The maximum Gasteiger partial charge on any atom is 0.159 e. The Kier molecular flexibility index (Phi) is 3.49. The molecule has 7 nitrogen and oxygen atoms in total. The van der Waals surface area contributed by atoms with Crippen LogP contribution in [-0.4, -0.2) is 37.7 Å². The lowest BCUT2D eigenvalue weighted by Gasteiger charge is -2.20. The summed E-state index contributed by atoms with van der Waals surface area (Å²) in [5.41, 5.74) is 3.09. The van der Waals surface area contributed by atoms with Gasteiger partial charge in [0.25, 0.3) is 0 Å². The van der Waals surface area contributed by atoms with Gasteiger partial charge < -0.3 is 10.1 Å². The molecule has 3 aromatic rings. The molecule has 3 aromatic heterocycles. The van der Waals surface area contributed by atoms with E-state index in [-0.39, 0.29) is 6.10 Å². The first kappa shape index (κ1) is 14.2. The van der Waals surface area contributed by atoms with E-state index in [2.05, 4.69) is 20.5 Å². The molecule has 0 aliphatic carbocycles. The fourth-order valence-electron chi connectivity index (χ4n) is 3.27. The number of ether oxygens (including phenoxy) is 1. The Labute approximate surface area is 134 Å². The molecule has 120 valence electrons. The summed E-state index contributed by atoms with van der Waals surface area (Å²) in [7, 11) is 3.87. The number of hydrogen-bond acceptors (Lipinski definition) is 5. The van der Waals surface area contributed by atoms with Crippen molar-refractivity contribution in [3.63, 3.8) is 0 Å². The fourth-order valence-corrected chi connectivity index (χ4v) is 3.27. The monoisotopic (exact) mass is 312 g/mol. The molecule has 1 saturated heterocycles. The van der Waals surface area contributed by atoms with Gasteiger partial charge in [0, 0.05) is 51.2 Å². The topological polar surface area (TPSA) is 69.8 Å². The number of hydrogen-bond donors (Lipinski definition) is 1. The molecule has 4 rings (SSSR count). The average Bonchev–Trinajstić information content (AvgIpc) is 3.26. The standard InChI is InChI=1S/C16H20N6O/c1-21-14(4-7-19-21)15-11(5-8-23-15)9-18-13-3-6-17-16-12(13)10-20-22(16)2/h3-4,6-7,10-11,15H,5,8-9H2,1-2H3,(H,17,18)/t11-,15+/m0/s1. The molecule has 0 spiro atoms. The summed E-state index contributed by atoms with van der Waals surface area (Å²) in [5, 5.41) is 13.1. The van der Waals surface area contributed by atoms with Crippen LogP contribution < -0.4 is 5.32 Å². The fraction of sp³-hybridized carbons (Fsp3) is 0.438. The second-order valence-corrected chi connectivity index (χ2v) is 5.96. The molecule has 2 atom stereocenters. The summed E-state index contributed by atoms with van der Waals surface area (Å²) in [6.45, 7) is 1.64. The van der Waals surface area contributed by atoms with Gasteiger partial charge in [-0.25, -0.2) is 4.98 Å². The van der Waals surface area contributed by atoms with Crippen LogP contribution in [0.15, 0.2) is 30.7 Å². The van der Waals surface area contributed by atoms with Crippen molar-refractivity contribution in [2.45, 2.75) is 12.5 Å². The first-order valence-corrected chi connectivity index (χ1v) is 7.84. The Morgan fingerprint density at radius 3 is 2.96 bits per heavy atom. The van der Waals surface area contributed by atoms with E-state index in [0.717, 1.165) is 42.0 Å². The third-order valence-corrected chi connectivity index (χ3v) is 4.55. The summed E-state index contributed by atoms with van der Waals surface area (Å²) in [4.78, 5) is 4.37. The summed E-state index contributed by atoms with van der Waals surface area (Å²) in [6.07, 6.45) is 6.64. The Bertz CT molecular complexity index is 823. The van der Waals surface area contributed by atoms with Crippen molar-refractivity contribution in [1.29, 1.82) is 0 Å². The lowest BCUT2D eigenvalue weighted by molar-refractivity contribution is 0.0866. The smallest absolute Gasteiger partial charge is 0.159 e. The highest BCUT2D eigenvalue weighted by molar-refractivity contribution is 5.88. The van der Waals surface area contributed by atoms with Crippen molar-refractivity contribution in [3.8, 4) is 0 Å². The quantitative estimate of drug-likeness (QED) is 0.796. The van der Waals surface area contributed by atoms with E-state index < -0.39 is 0 Å². The van der Waals surface area contributed by atoms with Gasteiger partial charge in [0.05, 0.1) is 17.3 Å². The van der Waals surface area contributed by atoms with E-state index in [1.807, 2.05) is 49.5 Å². The summed E-state index contributed by atoms with van der Waals surface area (Å²) < 4.78 is 9.63. The van der Waals surface area contributed by atoms with Crippen LogP contribution in [0.4, 0.5) is 5.69 Å². The zero-order valence-electron chi connectivity index (χ0n) is 13.3. The lowest BCUT2D eigenvalue weighted by Crippen LogP contribution is -2.20. The second kappa shape index (κ2) is 5.66. The molecule has 0 aromatic carbocycles.